The summed E-state index contributed by atoms with van der Waals surface area (Å²) >= 11 is 0. The molecule has 0 fully saturated rings. The lowest BCUT2D eigenvalue weighted by Gasteiger charge is -2.24. The van der Waals surface area contributed by atoms with Crippen molar-refractivity contribution in [2.75, 3.05) is 26.7 Å². The number of nitrogens with two attached hydrogens (primary N) is 1. The summed E-state index contributed by atoms with van der Waals surface area (Å²) in [6.07, 6.45) is 5.20. The predicted molar refractivity (Wildman–Crippen MR) is 53.7 cm³/mol. The van der Waals surface area contributed by atoms with Crippen LogP contribution in [0.2, 0.25) is 0 Å². The zero-order chi connectivity index (χ0) is 9.56. The first-order valence-electron chi connectivity index (χ1n) is 4.43. The van der Waals surface area contributed by atoms with Crippen LogP contribution < -0.4 is 5.73 Å². The normalized spacial score (nSPS) is 13.4. The molecule has 12 heavy (non-hydrogen) atoms. The molecule has 1 atom stereocenters. The quantitative estimate of drug-likeness (QED) is 0.615. The molecule has 0 bridgehead atoms. The van der Waals surface area contributed by atoms with E-state index in [1.807, 2.05) is 7.05 Å². The van der Waals surface area contributed by atoms with Crippen LogP contribution in [0.4, 0.5) is 0 Å². The molecule has 2 N–H and O–H groups in total. The molecule has 0 aliphatic carbocycles. The van der Waals surface area contributed by atoms with Crippen LogP contribution in [-0.2, 0) is 0 Å². The van der Waals surface area contributed by atoms with E-state index in [1.165, 1.54) is 0 Å². The topological polar surface area (TPSA) is 29.3 Å². The predicted octanol–water partition coefficient (Wildman–Crippen LogP) is 0.782. The van der Waals surface area contributed by atoms with Crippen molar-refractivity contribution in [3.8, 4) is 12.3 Å². The van der Waals surface area contributed by atoms with Gasteiger partial charge in [-0.05, 0) is 25.4 Å². The maximum Gasteiger partial charge on any atom is 0.0596 e. The van der Waals surface area contributed by atoms with E-state index in [1.54, 1.807) is 0 Å². The molecule has 0 rings (SSSR count). The van der Waals surface area contributed by atoms with Crippen LogP contribution in [0.25, 0.3) is 0 Å². The molecule has 0 saturated heterocycles. The molecule has 2 nitrogen and oxygen atoms in total. The Morgan fingerprint density at radius 1 is 1.50 bits per heavy atom. The fourth-order valence-electron chi connectivity index (χ4n) is 1.18. The van der Waals surface area contributed by atoms with Gasteiger partial charge in [-0.1, -0.05) is 19.8 Å². The summed E-state index contributed by atoms with van der Waals surface area (Å²) in [4.78, 5) is 2.14. The minimum absolute atomic E-state index is 0.559. The lowest BCUT2D eigenvalue weighted by atomic mass is 9.95. The fraction of sp³-hybridized carbons (Fsp3) is 0.800. The van der Waals surface area contributed by atoms with Crippen molar-refractivity contribution in [3.05, 3.63) is 0 Å². The van der Waals surface area contributed by atoms with Crippen LogP contribution in [0, 0.1) is 24.2 Å². The Labute approximate surface area is 76.1 Å². The maximum absolute atomic E-state index is 5.64. The fourth-order valence-corrected chi connectivity index (χ4v) is 1.18. The van der Waals surface area contributed by atoms with E-state index in [4.69, 9.17) is 12.2 Å². The molecular formula is C10H20N2. The molecule has 0 spiro atoms. The first-order valence-corrected chi connectivity index (χ1v) is 4.43. The molecule has 70 valence electrons. The van der Waals surface area contributed by atoms with Gasteiger partial charge in [0.25, 0.3) is 0 Å². The molecule has 0 radical (unpaired) electrons. The summed E-state index contributed by atoms with van der Waals surface area (Å²) in [5, 5.41) is 0. The van der Waals surface area contributed by atoms with Gasteiger partial charge in [0.05, 0.1) is 6.54 Å². The zero-order valence-electron chi connectivity index (χ0n) is 8.38. The van der Waals surface area contributed by atoms with Crippen LogP contribution in [0.3, 0.4) is 0 Å². The van der Waals surface area contributed by atoms with Crippen LogP contribution in [0.5, 0.6) is 0 Å². The van der Waals surface area contributed by atoms with Gasteiger partial charge in [-0.3, -0.25) is 4.90 Å². The largest absolute Gasteiger partial charge is 0.330 e. The van der Waals surface area contributed by atoms with E-state index in [-0.39, 0.29) is 0 Å². The lowest BCUT2D eigenvalue weighted by Crippen LogP contribution is -2.33. The average Bonchev–Trinajstić information content (AvgIpc) is 2.00. The van der Waals surface area contributed by atoms with Gasteiger partial charge in [0, 0.05) is 6.54 Å². The number of terminal acetylenes is 1. The van der Waals surface area contributed by atoms with Crippen molar-refractivity contribution in [1.82, 2.24) is 4.90 Å². The molecule has 0 aromatic carbocycles. The zero-order valence-corrected chi connectivity index (χ0v) is 8.38. The third-order valence-corrected chi connectivity index (χ3v) is 2.15. The highest BCUT2D eigenvalue weighted by Crippen LogP contribution is 2.09. The highest BCUT2D eigenvalue weighted by molar-refractivity contribution is 4.87. The Morgan fingerprint density at radius 3 is 2.42 bits per heavy atom. The maximum atomic E-state index is 5.64. The molecule has 0 heterocycles. The molecular weight excluding hydrogens is 148 g/mol. The number of hydrogen-bond acceptors (Lipinski definition) is 2. The van der Waals surface area contributed by atoms with Crippen LogP contribution in [0.15, 0.2) is 0 Å². The van der Waals surface area contributed by atoms with Crippen molar-refractivity contribution in [1.29, 1.82) is 0 Å². The van der Waals surface area contributed by atoms with Crippen LogP contribution in [-0.4, -0.2) is 31.6 Å². The summed E-state index contributed by atoms with van der Waals surface area (Å²) in [5.74, 6) is 3.81. The van der Waals surface area contributed by atoms with Crippen molar-refractivity contribution in [2.24, 2.45) is 17.6 Å². The smallest absolute Gasteiger partial charge is 0.0596 e. The number of rotatable bonds is 5. The lowest BCUT2D eigenvalue weighted by molar-refractivity contribution is 0.260. The van der Waals surface area contributed by atoms with E-state index >= 15 is 0 Å². The van der Waals surface area contributed by atoms with E-state index in [0.29, 0.717) is 18.4 Å². The van der Waals surface area contributed by atoms with Crippen LogP contribution >= 0.6 is 0 Å². The molecule has 0 amide bonds. The molecule has 0 aliphatic rings. The molecule has 0 aromatic heterocycles. The van der Waals surface area contributed by atoms with Crippen molar-refractivity contribution in [3.63, 3.8) is 0 Å². The van der Waals surface area contributed by atoms with Gasteiger partial charge in [-0.15, -0.1) is 6.42 Å². The Morgan fingerprint density at radius 2 is 2.08 bits per heavy atom. The Bertz CT molecular complexity index is 146. The standard InChI is InChI=1S/C10H20N2/c1-5-6-12(4)8-10(7-11)9(2)3/h1,9-10H,6-8,11H2,2-4H3. The first kappa shape index (κ1) is 11.5. The molecule has 0 aliphatic heterocycles. The second kappa shape index (κ2) is 6.05. The second-order valence-corrected chi connectivity index (χ2v) is 3.64. The monoisotopic (exact) mass is 168 g/mol. The molecule has 1 unspecified atom stereocenters. The minimum atomic E-state index is 0.559. The van der Waals surface area contributed by atoms with Crippen molar-refractivity contribution >= 4 is 0 Å². The highest BCUT2D eigenvalue weighted by Gasteiger charge is 2.12. The Hall–Kier alpha value is -0.520. The molecule has 0 aromatic rings. The average molecular weight is 168 g/mol. The SMILES string of the molecule is C#CCN(C)CC(CN)C(C)C. The summed E-state index contributed by atoms with van der Waals surface area (Å²) in [6.45, 7) is 6.84. The van der Waals surface area contributed by atoms with E-state index in [9.17, 15) is 0 Å². The van der Waals surface area contributed by atoms with Crippen molar-refractivity contribution < 1.29 is 0 Å². The number of hydrogen-bond donors (Lipinski definition) is 1. The van der Waals surface area contributed by atoms with Gasteiger partial charge in [0.1, 0.15) is 0 Å². The van der Waals surface area contributed by atoms with Crippen LogP contribution in [0.1, 0.15) is 13.8 Å². The van der Waals surface area contributed by atoms with Gasteiger partial charge < -0.3 is 5.73 Å². The highest BCUT2D eigenvalue weighted by atomic mass is 15.1. The number of nitrogens with zero attached hydrogens (tertiary/aromatic N) is 1. The van der Waals surface area contributed by atoms with E-state index in [2.05, 4.69) is 24.7 Å². The second-order valence-electron chi connectivity index (χ2n) is 3.64. The summed E-state index contributed by atoms with van der Waals surface area (Å²) in [6, 6.07) is 0. The van der Waals surface area contributed by atoms with Gasteiger partial charge in [-0.25, -0.2) is 0 Å². The van der Waals surface area contributed by atoms with Gasteiger partial charge in [-0.2, -0.15) is 0 Å². The summed E-state index contributed by atoms with van der Waals surface area (Å²) in [5.41, 5.74) is 5.64. The van der Waals surface area contributed by atoms with Gasteiger partial charge >= 0.3 is 0 Å². The summed E-state index contributed by atoms with van der Waals surface area (Å²) < 4.78 is 0. The Balaban J connectivity index is 3.78. The first-order chi connectivity index (χ1) is 5.61. The van der Waals surface area contributed by atoms with E-state index < -0.39 is 0 Å². The summed E-state index contributed by atoms with van der Waals surface area (Å²) in [7, 11) is 2.03. The third kappa shape index (κ3) is 4.38. The van der Waals surface area contributed by atoms with Gasteiger partial charge in [0.15, 0.2) is 0 Å². The Kier molecular flexibility index (Phi) is 5.79. The van der Waals surface area contributed by atoms with Gasteiger partial charge in [0.2, 0.25) is 0 Å². The van der Waals surface area contributed by atoms with E-state index in [0.717, 1.165) is 13.1 Å². The molecule has 0 saturated carbocycles. The molecule has 2 heteroatoms. The third-order valence-electron chi connectivity index (χ3n) is 2.15. The van der Waals surface area contributed by atoms with Crippen molar-refractivity contribution in [2.45, 2.75) is 13.8 Å². The minimum Gasteiger partial charge on any atom is -0.330 e.